The third kappa shape index (κ3) is 4.39. The smallest absolute Gasteiger partial charge is 0.263 e. The number of hydrogen-bond donors (Lipinski definition) is 2. The average molecular weight is 376 g/mol. The van der Waals surface area contributed by atoms with Gasteiger partial charge in [-0.05, 0) is 34.0 Å². The predicted molar refractivity (Wildman–Crippen MR) is 94.3 cm³/mol. The Labute approximate surface area is 143 Å². The zero-order valence-corrected chi connectivity index (χ0v) is 14.6. The van der Waals surface area contributed by atoms with Crippen LogP contribution >= 0.6 is 15.9 Å². The molecule has 1 aromatic carbocycles. The van der Waals surface area contributed by atoms with Crippen molar-refractivity contribution in [2.75, 3.05) is 0 Å². The second kappa shape index (κ2) is 7.37. The molecule has 0 amide bonds. The van der Waals surface area contributed by atoms with E-state index >= 15 is 0 Å². The third-order valence-corrected chi connectivity index (χ3v) is 3.87. The van der Waals surface area contributed by atoms with Crippen molar-refractivity contribution in [1.29, 1.82) is 10.8 Å². The molecule has 0 spiro atoms. The second-order valence-electron chi connectivity index (χ2n) is 5.37. The number of hydrogen-bond acceptors (Lipinski definition) is 4. The molecule has 1 atom stereocenters. The molecule has 6 heteroatoms. The SMILES string of the molecule is CC(Cc1ccccc1)C(=N)OC(=N)c1cc(Br)cn(C)c1=O. The molecule has 120 valence electrons. The summed E-state index contributed by atoms with van der Waals surface area (Å²) in [5.41, 5.74) is 0.887. The van der Waals surface area contributed by atoms with Gasteiger partial charge in [0.25, 0.3) is 5.56 Å². The average Bonchev–Trinajstić information content (AvgIpc) is 2.51. The molecule has 2 aromatic rings. The van der Waals surface area contributed by atoms with Crippen LogP contribution in [0.1, 0.15) is 18.1 Å². The Morgan fingerprint density at radius 2 is 1.96 bits per heavy atom. The highest BCUT2D eigenvalue weighted by atomic mass is 79.9. The van der Waals surface area contributed by atoms with Crippen molar-refractivity contribution in [3.63, 3.8) is 0 Å². The number of nitrogens with zero attached hydrogens (tertiary/aromatic N) is 1. The summed E-state index contributed by atoms with van der Waals surface area (Å²) in [4.78, 5) is 12.1. The summed E-state index contributed by atoms with van der Waals surface area (Å²) in [5, 5.41) is 16.0. The molecule has 0 aliphatic carbocycles. The van der Waals surface area contributed by atoms with Crippen molar-refractivity contribution in [1.82, 2.24) is 4.57 Å². The van der Waals surface area contributed by atoms with Gasteiger partial charge >= 0.3 is 0 Å². The number of nitrogens with one attached hydrogen (secondary N) is 2. The molecule has 0 radical (unpaired) electrons. The molecular weight excluding hydrogens is 358 g/mol. The highest BCUT2D eigenvalue weighted by Gasteiger charge is 2.17. The Morgan fingerprint density at radius 3 is 2.61 bits per heavy atom. The number of benzene rings is 1. The lowest BCUT2D eigenvalue weighted by Crippen LogP contribution is -2.28. The van der Waals surface area contributed by atoms with Crippen molar-refractivity contribution in [2.45, 2.75) is 13.3 Å². The monoisotopic (exact) mass is 375 g/mol. The number of aromatic nitrogens is 1. The van der Waals surface area contributed by atoms with Gasteiger partial charge in [-0.1, -0.05) is 37.3 Å². The number of ether oxygens (including phenoxy) is 1. The Balaban J connectivity index is 2.08. The Hall–Kier alpha value is -2.21. The highest BCUT2D eigenvalue weighted by molar-refractivity contribution is 9.10. The normalized spacial score (nSPS) is 11.8. The predicted octanol–water partition coefficient (Wildman–Crippen LogP) is 3.35. The van der Waals surface area contributed by atoms with Crippen molar-refractivity contribution in [3.8, 4) is 0 Å². The lowest BCUT2D eigenvalue weighted by molar-refractivity contribution is 0.478. The first-order valence-electron chi connectivity index (χ1n) is 7.13. The molecular formula is C17H18BrN3O2. The summed E-state index contributed by atoms with van der Waals surface area (Å²) < 4.78 is 7.34. The number of rotatable bonds is 4. The van der Waals surface area contributed by atoms with Gasteiger partial charge in [0, 0.05) is 23.6 Å². The van der Waals surface area contributed by atoms with Gasteiger partial charge in [0.05, 0.1) is 0 Å². The fourth-order valence-electron chi connectivity index (χ4n) is 2.16. The van der Waals surface area contributed by atoms with Crippen LogP contribution in [0.4, 0.5) is 0 Å². The van der Waals surface area contributed by atoms with Crippen LogP contribution in [-0.4, -0.2) is 16.4 Å². The minimum atomic E-state index is -0.332. The van der Waals surface area contributed by atoms with Gasteiger partial charge in [0.1, 0.15) is 5.56 Å². The molecule has 0 saturated carbocycles. The Bertz CT molecular complexity index is 784. The van der Waals surface area contributed by atoms with Crippen molar-refractivity contribution >= 4 is 27.7 Å². The first kappa shape index (κ1) is 17.1. The van der Waals surface area contributed by atoms with E-state index in [1.807, 2.05) is 37.3 Å². The third-order valence-electron chi connectivity index (χ3n) is 3.44. The molecule has 0 bridgehead atoms. The van der Waals surface area contributed by atoms with E-state index in [2.05, 4.69) is 15.9 Å². The van der Waals surface area contributed by atoms with Gasteiger partial charge in [-0.2, -0.15) is 0 Å². The standard InChI is InChI=1S/C17H18BrN3O2/c1-11(8-12-6-4-3-5-7-12)15(19)23-16(20)14-9-13(18)10-21(2)17(14)22/h3-7,9-11,19-20H,8H2,1-2H3. The van der Waals surface area contributed by atoms with Crippen LogP contribution in [0.5, 0.6) is 0 Å². The van der Waals surface area contributed by atoms with E-state index in [-0.39, 0.29) is 28.8 Å². The maximum atomic E-state index is 12.1. The number of pyridine rings is 1. The first-order valence-corrected chi connectivity index (χ1v) is 7.93. The molecule has 0 aliphatic heterocycles. The van der Waals surface area contributed by atoms with E-state index in [1.54, 1.807) is 13.2 Å². The first-order chi connectivity index (χ1) is 10.9. The van der Waals surface area contributed by atoms with Crippen molar-refractivity contribution in [3.05, 3.63) is 68.5 Å². The molecule has 0 saturated heterocycles. The van der Waals surface area contributed by atoms with Crippen LogP contribution < -0.4 is 5.56 Å². The zero-order valence-electron chi connectivity index (χ0n) is 13.0. The molecule has 5 nitrogen and oxygen atoms in total. The van der Waals surface area contributed by atoms with Crippen LogP contribution in [-0.2, 0) is 18.2 Å². The molecule has 1 unspecified atom stereocenters. The molecule has 23 heavy (non-hydrogen) atoms. The maximum absolute atomic E-state index is 12.1. The van der Waals surface area contributed by atoms with Gasteiger partial charge in [-0.15, -0.1) is 0 Å². The Morgan fingerprint density at radius 1 is 1.30 bits per heavy atom. The zero-order chi connectivity index (χ0) is 17.0. The van der Waals surface area contributed by atoms with Gasteiger partial charge < -0.3 is 9.30 Å². The van der Waals surface area contributed by atoms with Crippen LogP contribution in [0.15, 0.2) is 51.9 Å². The summed E-state index contributed by atoms with van der Waals surface area (Å²) in [6, 6.07) is 11.3. The van der Waals surface area contributed by atoms with Gasteiger partial charge in [0.2, 0.25) is 5.90 Å². The van der Waals surface area contributed by atoms with E-state index in [9.17, 15) is 4.79 Å². The summed E-state index contributed by atoms with van der Waals surface area (Å²) in [5.74, 6) is -0.522. The van der Waals surface area contributed by atoms with Crippen molar-refractivity contribution in [2.24, 2.45) is 13.0 Å². The number of halogens is 1. The largest absolute Gasteiger partial charge is 0.425 e. The highest BCUT2D eigenvalue weighted by Crippen LogP contribution is 2.13. The summed E-state index contributed by atoms with van der Waals surface area (Å²) in [6.45, 7) is 1.86. The maximum Gasteiger partial charge on any atom is 0.263 e. The molecule has 2 N–H and O–H groups in total. The van der Waals surface area contributed by atoms with Gasteiger partial charge in [-0.25, -0.2) is 0 Å². The molecule has 0 fully saturated rings. The van der Waals surface area contributed by atoms with Crippen molar-refractivity contribution < 1.29 is 4.74 Å². The Kier molecular flexibility index (Phi) is 5.50. The molecule has 0 aliphatic rings. The second-order valence-corrected chi connectivity index (χ2v) is 6.29. The number of aryl methyl sites for hydroxylation is 1. The van der Waals surface area contributed by atoms with Gasteiger partial charge in [0.15, 0.2) is 5.90 Å². The quantitative estimate of drug-likeness (QED) is 0.634. The van der Waals surface area contributed by atoms with E-state index in [0.717, 1.165) is 5.56 Å². The van der Waals surface area contributed by atoms with Crippen LogP contribution in [0, 0.1) is 16.7 Å². The van der Waals surface area contributed by atoms with E-state index in [1.165, 1.54) is 10.6 Å². The van der Waals surface area contributed by atoms with E-state index in [0.29, 0.717) is 10.9 Å². The van der Waals surface area contributed by atoms with E-state index < -0.39 is 0 Å². The lowest BCUT2D eigenvalue weighted by Gasteiger charge is -2.14. The summed E-state index contributed by atoms with van der Waals surface area (Å²) in [6.07, 6.45) is 2.26. The molecule has 1 aromatic heterocycles. The van der Waals surface area contributed by atoms with E-state index in [4.69, 9.17) is 15.6 Å². The topological polar surface area (TPSA) is 78.9 Å². The van der Waals surface area contributed by atoms with Crippen LogP contribution in [0.2, 0.25) is 0 Å². The van der Waals surface area contributed by atoms with Crippen LogP contribution in [0.3, 0.4) is 0 Å². The fraction of sp³-hybridized carbons (Fsp3) is 0.235. The molecule has 1 heterocycles. The van der Waals surface area contributed by atoms with Gasteiger partial charge in [-0.3, -0.25) is 15.6 Å². The minimum Gasteiger partial charge on any atom is -0.425 e. The molecule has 2 rings (SSSR count). The summed E-state index contributed by atoms with van der Waals surface area (Å²) in [7, 11) is 1.60. The fourth-order valence-corrected chi connectivity index (χ4v) is 2.70. The lowest BCUT2D eigenvalue weighted by atomic mass is 10.0. The summed E-state index contributed by atoms with van der Waals surface area (Å²) >= 11 is 3.29. The van der Waals surface area contributed by atoms with Crippen LogP contribution in [0.25, 0.3) is 0 Å². The minimum absolute atomic E-state index is 0.0270.